The Morgan fingerprint density at radius 1 is 1.14 bits per heavy atom. The molecule has 1 N–H and O–H groups in total. The van der Waals surface area contributed by atoms with Gasteiger partial charge in [0.1, 0.15) is 0 Å². The Morgan fingerprint density at radius 3 is 2.32 bits per heavy atom. The highest BCUT2D eigenvalue weighted by Gasteiger charge is 2.06. The Balaban J connectivity index is 1.87. The van der Waals surface area contributed by atoms with Crippen molar-refractivity contribution >= 4 is 17.3 Å². The third-order valence-electron chi connectivity index (χ3n) is 3.09. The minimum absolute atomic E-state index is 0.0180. The van der Waals surface area contributed by atoms with Crippen molar-refractivity contribution in [2.75, 3.05) is 5.32 Å². The summed E-state index contributed by atoms with van der Waals surface area (Å²) in [6.45, 7) is 0. The van der Waals surface area contributed by atoms with Crippen molar-refractivity contribution in [3.05, 3.63) is 69.8 Å². The van der Waals surface area contributed by atoms with Crippen LogP contribution in [0.15, 0.2) is 48.5 Å². The normalized spacial score (nSPS) is 9.77. The van der Waals surface area contributed by atoms with Crippen LogP contribution in [0.4, 0.5) is 11.4 Å². The Kier molecular flexibility index (Phi) is 4.83. The first-order valence-corrected chi connectivity index (χ1v) is 6.62. The largest absolute Gasteiger partial charge is 0.326 e. The Hall–Kier alpha value is -3.20. The van der Waals surface area contributed by atoms with Gasteiger partial charge in [-0.2, -0.15) is 5.26 Å². The quantitative estimate of drug-likeness (QED) is 0.677. The number of nitro groups is 1. The average molecular weight is 295 g/mol. The van der Waals surface area contributed by atoms with Gasteiger partial charge in [-0.1, -0.05) is 12.1 Å². The van der Waals surface area contributed by atoms with E-state index in [1.165, 1.54) is 24.3 Å². The minimum Gasteiger partial charge on any atom is -0.326 e. The lowest BCUT2D eigenvalue weighted by Gasteiger charge is -2.05. The third-order valence-corrected chi connectivity index (χ3v) is 3.09. The van der Waals surface area contributed by atoms with Crippen molar-refractivity contribution in [3.8, 4) is 6.07 Å². The number of hydrogen-bond donors (Lipinski definition) is 1. The number of carbonyl (C=O) groups is 1. The molecule has 0 spiro atoms. The number of anilines is 1. The number of benzene rings is 2. The number of nitro benzene ring substituents is 1. The van der Waals surface area contributed by atoms with E-state index in [-0.39, 0.29) is 11.6 Å². The molecule has 6 nitrogen and oxygen atoms in total. The van der Waals surface area contributed by atoms with E-state index in [0.29, 0.717) is 24.1 Å². The summed E-state index contributed by atoms with van der Waals surface area (Å²) in [4.78, 5) is 21.9. The number of amides is 1. The first-order chi connectivity index (χ1) is 10.6. The molecule has 110 valence electrons. The van der Waals surface area contributed by atoms with E-state index in [2.05, 4.69) is 5.32 Å². The number of nitrogens with zero attached hydrogens (tertiary/aromatic N) is 2. The van der Waals surface area contributed by atoms with Crippen LogP contribution in [0, 0.1) is 21.4 Å². The van der Waals surface area contributed by atoms with Crippen molar-refractivity contribution in [3.63, 3.8) is 0 Å². The number of nitrogens with one attached hydrogen (secondary N) is 1. The maximum absolute atomic E-state index is 11.8. The molecule has 0 bridgehead atoms. The topological polar surface area (TPSA) is 96.0 Å². The maximum atomic E-state index is 11.8. The SMILES string of the molecule is N#Cc1ccc(CCC(=O)Nc2ccc([N+](=O)[O-])cc2)cc1. The number of nitriles is 1. The average Bonchev–Trinajstić information content (AvgIpc) is 2.54. The molecule has 1 amide bonds. The molecule has 0 heterocycles. The highest BCUT2D eigenvalue weighted by Crippen LogP contribution is 2.15. The number of hydrogen-bond acceptors (Lipinski definition) is 4. The second kappa shape index (κ2) is 6.99. The number of non-ortho nitro benzene ring substituents is 1. The summed E-state index contributed by atoms with van der Waals surface area (Å²) < 4.78 is 0. The van der Waals surface area contributed by atoms with Gasteiger partial charge in [-0.25, -0.2) is 0 Å². The minimum atomic E-state index is -0.490. The first-order valence-electron chi connectivity index (χ1n) is 6.62. The van der Waals surface area contributed by atoms with Gasteiger partial charge in [-0.3, -0.25) is 14.9 Å². The van der Waals surface area contributed by atoms with Crippen LogP contribution in [-0.4, -0.2) is 10.8 Å². The highest BCUT2D eigenvalue weighted by molar-refractivity contribution is 5.90. The molecule has 0 atom stereocenters. The molecular formula is C16H13N3O3. The van der Waals surface area contributed by atoms with Crippen LogP contribution in [0.5, 0.6) is 0 Å². The second-order valence-corrected chi connectivity index (χ2v) is 4.66. The van der Waals surface area contributed by atoms with Crippen molar-refractivity contribution < 1.29 is 9.72 Å². The predicted octanol–water partition coefficient (Wildman–Crippen LogP) is 3.04. The Labute approximate surface area is 127 Å². The zero-order valence-corrected chi connectivity index (χ0v) is 11.7. The third kappa shape index (κ3) is 4.15. The van der Waals surface area contributed by atoms with Crippen molar-refractivity contribution in [1.82, 2.24) is 0 Å². The molecule has 0 aliphatic rings. The molecule has 2 aromatic carbocycles. The fraction of sp³-hybridized carbons (Fsp3) is 0.125. The number of aryl methyl sites for hydroxylation is 1. The molecule has 0 saturated carbocycles. The lowest BCUT2D eigenvalue weighted by Crippen LogP contribution is -2.12. The predicted molar refractivity (Wildman–Crippen MR) is 81.2 cm³/mol. The van der Waals surface area contributed by atoms with Crippen LogP contribution >= 0.6 is 0 Å². The lowest BCUT2D eigenvalue weighted by molar-refractivity contribution is -0.384. The van der Waals surface area contributed by atoms with Gasteiger partial charge in [0.05, 0.1) is 16.6 Å². The van der Waals surface area contributed by atoms with Crippen LogP contribution in [0.25, 0.3) is 0 Å². The summed E-state index contributed by atoms with van der Waals surface area (Å²) >= 11 is 0. The zero-order chi connectivity index (χ0) is 15.9. The van der Waals surface area contributed by atoms with Gasteiger partial charge in [-0.05, 0) is 36.2 Å². The van der Waals surface area contributed by atoms with Gasteiger partial charge in [0.15, 0.2) is 0 Å². The molecule has 0 aliphatic heterocycles. The van der Waals surface area contributed by atoms with Gasteiger partial charge >= 0.3 is 0 Å². The molecule has 6 heteroatoms. The van der Waals surface area contributed by atoms with Crippen molar-refractivity contribution in [1.29, 1.82) is 5.26 Å². The van der Waals surface area contributed by atoms with Crippen LogP contribution in [-0.2, 0) is 11.2 Å². The summed E-state index contributed by atoms with van der Waals surface area (Å²) in [6, 6.07) is 14.8. The van der Waals surface area contributed by atoms with Gasteiger partial charge in [0.2, 0.25) is 5.91 Å². The van der Waals surface area contributed by atoms with Crippen LogP contribution in [0.1, 0.15) is 17.5 Å². The molecule has 2 aromatic rings. The zero-order valence-electron chi connectivity index (χ0n) is 11.7. The van der Waals surface area contributed by atoms with E-state index in [9.17, 15) is 14.9 Å². The molecule has 0 radical (unpaired) electrons. The van der Waals surface area contributed by atoms with Gasteiger partial charge in [0.25, 0.3) is 5.69 Å². The van der Waals surface area contributed by atoms with E-state index >= 15 is 0 Å². The van der Waals surface area contributed by atoms with Crippen LogP contribution < -0.4 is 5.32 Å². The first kappa shape index (κ1) is 15.2. The monoisotopic (exact) mass is 295 g/mol. The lowest BCUT2D eigenvalue weighted by atomic mass is 10.1. The van der Waals surface area contributed by atoms with E-state index in [1.54, 1.807) is 12.1 Å². The molecular weight excluding hydrogens is 282 g/mol. The van der Waals surface area contributed by atoms with E-state index in [0.717, 1.165) is 5.56 Å². The summed E-state index contributed by atoms with van der Waals surface area (Å²) in [5.74, 6) is -0.168. The van der Waals surface area contributed by atoms with Crippen LogP contribution in [0.2, 0.25) is 0 Å². The van der Waals surface area contributed by atoms with E-state index < -0.39 is 4.92 Å². The highest BCUT2D eigenvalue weighted by atomic mass is 16.6. The standard InChI is InChI=1S/C16H13N3O3/c17-11-13-3-1-12(2-4-13)5-10-16(20)18-14-6-8-15(9-7-14)19(21)22/h1-4,6-9H,5,10H2,(H,18,20). The Bertz CT molecular complexity index is 716. The number of carbonyl (C=O) groups excluding carboxylic acids is 1. The van der Waals surface area contributed by atoms with Gasteiger partial charge in [-0.15, -0.1) is 0 Å². The molecule has 0 saturated heterocycles. The molecule has 0 aromatic heterocycles. The van der Waals surface area contributed by atoms with Crippen molar-refractivity contribution in [2.24, 2.45) is 0 Å². The molecule has 0 unspecified atom stereocenters. The van der Waals surface area contributed by atoms with Gasteiger partial charge < -0.3 is 5.32 Å². The summed E-state index contributed by atoms with van der Waals surface area (Å²) in [5, 5.41) is 21.9. The second-order valence-electron chi connectivity index (χ2n) is 4.66. The van der Waals surface area contributed by atoms with Gasteiger partial charge in [0, 0.05) is 24.2 Å². The van der Waals surface area contributed by atoms with Crippen molar-refractivity contribution in [2.45, 2.75) is 12.8 Å². The maximum Gasteiger partial charge on any atom is 0.269 e. The molecule has 0 aliphatic carbocycles. The smallest absolute Gasteiger partial charge is 0.269 e. The summed E-state index contributed by atoms with van der Waals surface area (Å²) in [5.41, 5.74) is 2.06. The van der Waals surface area contributed by atoms with E-state index in [1.807, 2.05) is 18.2 Å². The number of rotatable bonds is 5. The van der Waals surface area contributed by atoms with Crippen LogP contribution in [0.3, 0.4) is 0 Å². The fourth-order valence-electron chi connectivity index (χ4n) is 1.89. The molecule has 22 heavy (non-hydrogen) atoms. The summed E-state index contributed by atoms with van der Waals surface area (Å²) in [6.07, 6.45) is 0.855. The molecule has 2 rings (SSSR count). The van der Waals surface area contributed by atoms with E-state index in [4.69, 9.17) is 5.26 Å². The Morgan fingerprint density at radius 2 is 1.77 bits per heavy atom. The molecule has 0 fully saturated rings. The fourth-order valence-corrected chi connectivity index (χ4v) is 1.89. The summed E-state index contributed by atoms with van der Waals surface area (Å²) in [7, 11) is 0.